The Labute approximate surface area is 91.7 Å². The van der Waals surface area contributed by atoms with E-state index in [-0.39, 0.29) is 5.78 Å². The van der Waals surface area contributed by atoms with Gasteiger partial charge in [-0.3, -0.25) is 4.79 Å². The summed E-state index contributed by atoms with van der Waals surface area (Å²) in [5.74, 6) is -0.0558. The number of benzene rings is 1. The van der Waals surface area contributed by atoms with E-state index in [9.17, 15) is 4.79 Å². The van der Waals surface area contributed by atoms with Crippen molar-refractivity contribution >= 4 is 21.7 Å². The van der Waals surface area contributed by atoms with E-state index in [0.29, 0.717) is 12.2 Å². The van der Waals surface area contributed by atoms with Crippen LogP contribution in [0.15, 0.2) is 41.1 Å². The van der Waals surface area contributed by atoms with Gasteiger partial charge in [0.25, 0.3) is 0 Å². The summed E-state index contributed by atoms with van der Waals surface area (Å²) in [5, 5.41) is 0. The lowest BCUT2D eigenvalue weighted by Gasteiger charge is -1.96. The Morgan fingerprint density at radius 2 is 2.36 bits per heavy atom. The van der Waals surface area contributed by atoms with Crippen molar-refractivity contribution < 1.29 is 9.53 Å². The first-order valence-electron chi connectivity index (χ1n) is 4.32. The zero-order valence-electron chi connectivity index (χ0n) is 7.87. The number of carbonyl (C=O) groups excluding carboxylic acids is 1. The van der Waals surface area contributed by atoms with Gasteiger partial charge in [-0.25, -0.2) is 0 Å². The van der Waals surface area contributed by atoms with Gasteiger partial charge < -0.3 is 4.74 Å². The first-order valence-corrected chi connectivity index (χ1v) is 5.11. The Balaban J connectivity index is 2.70. The average molecular weight is 255 g/mol. The van der Waals surface area contributed by atoms with Gasteiger partial charge in [-0.15, -0.1) is 0 Å². The van der Waals surface area contributed by atoms with Gasteiger partial charge in [-0.2, -0.15) is 0 Å². The van der Waals surface area contributed by atoms with Crippen molar-refractivity contribution in [3.05, 3.63) is 46.6 Å². The van der Waals surface area contributed by atoms with Crippen LogP contribution in [-0.2, 0) is 4.74 Å². The predicted molar refractivity (Wildman–Crippen MR) is 59.2 cm³/mol. The molecule has 2 nitrogen and oxygen atoms in total. The largest absolute Gasteiger partial charge is 0.501 e. The molecule has 0 heterocycles. The van der Waals surface area contributed by atoms with Crippen molar-refractivity contribution in [1.29, 1.82) is 0 Å². The van der Waals surface area contributed by atoms with E-state index < -0.39 is 0 Å². The maximum Gasteiger partial charge on any atom is 0.188 e. The summed E-state index contributed by atoms with van der Waals surface area (Å²) in [6.45, 7) is 2.44. The van der Waals surface area contributed by atoms with Gasteiger partial charge in [0, 0.05) is 16.1 Å². The molecule has 0 aliphatic carbocycles. The van der Waals surface area contributed by atoms with Crippen LogP contribution < -0.4 is 0 Å². The lowest BCUT2D eigenvalue weighted by Crippen LogP contribution is -1.94. The fourth-order valence-corrected chi connectivity index (χ4v) is 1.34. The molecule has 0 amide bonds. The number of ketones is 1. The predicted octanol–water partition coefficient (Wildman–Crippen LogP) is 3.18. The van der Waals surface area contributed by atoms with Crippen LogP contribution in [0.25, 0.3) is 0 Å². The van der Waals surface area contributed by atoms with Crippen molar-refractivity contribution in [2.24, 2.45) is 0 Å². The minimum Gasteiger partial charge on any atom is -0.501 e. The fourth-order valence-electron chi connectivity index (χ4n) is 0.944. The third-order valence-corrected chi connectivity index (χ3v) is 2.08. The van der Waals surface area contributed by atoms with Crippen LogP contribution in [0, 0.1) is 0 Å². The second-order valence-corrected chi connectivity index (χ2v) is 3.55. The summed E-state index contributed by atoms with van der Waals surface area (Å²) < 4.78 is 5.84. The van der Waals surface area contributed by atoms with E-state index in [1.165, 1.54) is 12.3 Å². The smallest absolute Gasteiger partial charge is 0.188 e. The quantitative estimate of drug-likeness (QED) is 0.469. The highest BCUT2D eigenvalue weighted by atomic mass is 79.9. The number of rotatable bonds is 4. The van der Waals surface area contributed by atoms with Crippen molar-refractivity contribution in [2.75, 3.05) is 6.61 Å². The molecule has 0 fully saturated rings. The molecule has 0 saturated heterocycles. The fraction of sp³-hybridized carbons (Fsp3) is 0.182. The standard InChI is InChI=1S/C11H11BrO2/c1-2-14-7-6-11(13)9-4-3-5-10(12)8-9/h3-8H,2H2,1H3. The Bertz CT molecular complexity index is 345. The maximum absolute atomic E-state index is 11.5. The molecule has 0 bridgehead atoms. The van der Waals surface area contributed by atoms with Gasteiger partial charge in [0.2, 0.25) is 0 Å². The minimum absolute atomic E-state index is 0.0558. The highest BCUT2D eigenvalue weighted by molar-refractivity contribution is 9.10. The van der Waals surface area contributed by atoms with Crippen LogP contribution in [0.4, 0.5) is 0 Å². The van der Waals surface area contributed by atoms with Crippen LogP contribution in [0.5, 0.6) is 0 Å². The molecule has 3 heteroatoms. The van der Waals surface area contributed by atoms with Gasteiger partial charge in [-0.1, -0.05) is 28.1 Å². The van der Waals surface area contributed by atoms with Gasteiger partial charge in [0.1, 0.15) is 0 Å². The molecule has 0 atom stereocenters. The summed E-state index contributed by atoms with van der Waals surface area (Å²) in [6, 6.07) is 7.25. The SMILES string of the molecule is CCOC=CC(=O)c1cccc(Br)c1. The zero-order chi connectivity index (χ0) is 10.4. The maximum atomic E-state index is 11.5. The molecule has 0 saturated carbocycles. The number of carbonyl (C=O) groups is 1. The van der Waals surface area contributed by atoms with Gasteiger partial charge in [-0.05, 0) is 19.1 Å². The number of halogens is 1. The van der Waals surface area contributed by atoms with Crippen molar-refractivity contribution in [3.8, 4) is 0 Å². The highest BCUT2D eigenvalue weighted by Gasteiger charge is 2.00. The summed E-state index contributed by atoms with van der Waals surface area (Å²) in [6.07, 6.45) is 2.84. The molecular weight excluding hydrogens is 244 g/mol. The molecule has 1 aromatic carbocycles. The van der Waals surface area contributed by atoms with E-state index in [2.05, 4.69) is 15.9 Å². The molecule has 1 aromatic rings. The topological polar surface area (TPSA) is 26.3 Å². The molecule has 0 radical (unpaired) electrons. The first kappa shape index (κ1) is 11.0. The molecule has 1 rings (SSSR count). The van der Waals surface area contributed by atoms with Crippen molar-refractivity contribution in [2.45, 2.75) is 6.92 Å². The Hall–Kier alpha value is -1.09. The van der Waals surface area contributed by atoms with Crippen LogP contribution in [0.1, 0.15) is 17.3 Å². The average Bonchev–Trinajstić information content (AvgIpc) is 2.18. The third-order valence-electron chi connectivity index (χ3n) is 1.59. The second-order valence-electron chi connectivity index (χ2n) is 2.63. The molecule has 0 spiro atoms. The summed E-state index contributed by atoms with van der Waals surface area (Å²) in [5.41, 5.74) is 0.648. The molecule has 0 N–H and O–H groups in total. The number of hydrogen-bond donors (Lipinski definition) is 0. The van der Waals surface area contributed by atoms with Crippen LogP contribution in [-0.4, -0.2) is 12.4 Å². The van der Waals surface area contributed by atoms with E-state index >= 15 is 0 Å². The summed E-state index contributed by atoms with van der Waals surface area (Å²) in [4.78, 5) is 11.5. The first-order chi connectivity index (χ1) is 6.74. The van der Waals surface area contributed by atoms with Gasteiger partial charge in [0.15, 0.2) is 5.78 Å². The molecule has 0 unspecified atom stereocenters. The Morgan fingerprint density at radius 3 is 3.00 bits per heavy atom. The van der Waals surface area contributed by atoms with Crippen molar-refractivity contribution in [1.82, 2.24) is 0 Å². The Morgan fingerprint density at radius 1 is 1.57 bits per heavy atom. The van der Waals surface area contributed by atoms with E-state index in [1.807, 2.05) is 19.1 Å². The lowest BCUT2D eigenvalue weighted by atomic mass is 10.1. The molecule has 0 aliphatic heterocycles. The van der Waals surface area contributed by atoms with E-state index in [1.54, 1.807) is 12.1 Å². The van der Waals surface area contributed by atoms with Crippen LogP contribution >= 0.6 is 15.9 Å². The minimum atomic E-state index is -0.0558. The molecule has 0 aliphatic rings. The number of allylic oxidation sites excluding steroid dienone is 1. The van der Waals surface area contributed by atoms with Gasteiger partial charge in [0.05, 0.1) is 12.9 Å². The van der Waals surface area contributed by atoms with E-state index in [0.717, 1.165) is 4.47 Å². The molecule has 0 aromatic heterocycles. The second kappa shape index (κ2) is 5.60. The normalized spacial score (nSPS) is 10.4. The summed E-state index contributed by atoms with van der Waals surface area (Å²) in [7, 11) is 0. The van der Waals surface area contributed by atoms with E-state index in [4.69, 9.17) is 4.74 Å². The Kier molecular flexibility index (Phi) is 4.40. The molecular formula is C11H11BrO2. The zero-order valence-corrected chi connectivity index (χ0v) is 9.45. The summed E-state index contributed by atoms with van der Waals surface area (Å²) >= 11 is 3.30. The monoisotopic (exact) mass is 254 g/mol. The number of ether oxygens (including phenoxy) is 1. The third kappa shape index (κ3) is 3.34. The molecule has 74 valence electrons. The van der Waals surface area contributed by atoms with Crippen LogP contribution in [0.3, 0.4) is 0 Å². The van der Waals surface area contributed by atoms with Gasteiger partial charge >= 0.3 is 0 Å². The molecule has 14 heavy (non-hydrogen) atoms. The van der Waals surface area contributed by atoms with Crippen molar-refractivity contribution in [3.63, 3.8) is 0 Å². The van der Waals surface area contributed by atoms with Crippen LogP contribution in [0.2, 0.25) is 0 Å². The lowest BCUT2D eigenvalue weighted by molar-refractivity contribution is 0.104. The number of hydrogen-bond acceptors (Lipinski definition) is 2. The highest BCUT2D eigenvalue weighted by Crippen LogP contribution is 2.12.